The highest BCUT2D eigenvalue weighted by Gasteiger charge is 2.18. The average Bonchev–Trinajstić information content (AvgIpc) is 2.46. The highest BCUT2D eigenvalue weighted by molar-refractivity contribution is 5.22. The second-order valence-corrected chi connectivity index (χ2v) is 5.48. The van der Waals surface area contributed by atoms with Gasteiger partial charge in [-0.15, -0.1) is 0 Å². The Labute approximate surface area is 121 Å². The van der Waals surface area contributed by atoms with E-state index in [9.17, 15) is 4.39 Å². The van der Waals surface area contributed by atoms with Crippen molar-refractivity contribution in [2.24, 2.45) is 5.92 Å². The number of rotatable bonds is 7. The Bertz CT molecular complexity index is 392. The van der Waals surface area contributed by atoms with Crippen LogP contribution in [0.4, 0.5) is 4.39 Å². The molecule has 2 rings (SSSR count). The molecule has 0 atom stereocenters. The van der Waals surface area contributed by atoms with Gasteiger partial charge in [-0.2, -0.15) is 0 Å². The molecule has 1 fully saturated rings. The van der Waals surface area contributed by atoms with E-state index in [4.69, 9.17) is 4.74 Å². The van der Waals surface area contributed by atoms with Gasteiger partial charge < -0.3 is 10.1 Å². The Hall–Kier alpha value is -1.13. The van der Waals surface area contributed by atoms with Crippen LogP contribution in [0.1, 0.15) is 19.3 Å². The highest BCUT2D eigenvalue weighted by Crippen LogP contribution is 2.20. The summed E-state index contributed by atoms with van der Waals surface area (Å²) in [6.45, 7) is 4.98. The van der Waals surface area contributed by atoms with Crippen molar-refractivity contribution in [3.63, 3.8) is 0 Å². The Morgan fingerprint density at radius 3 is 2.85 bits per heavy atom. The Balaban J connectivity index is 1.61. The van der Waals surface area contributed by atoms with Crippen LogP contribution in [-0.2, 0) is 0 Å². The maximum atomic E-state index is 13.0. The monoisotopic (exact) mass is 280 g/mol. The van der Waals surface area contributed by atoms with Crippen molar-refractivity contribution in [3.8, 4) is 5.75 Å². The average molecular weight is 280 g/mol. The van der Waals surface area contributed by atoms with Crippen LogP contribution < -0.4 is 10.1 Å². The third-order valence-electron chi connectivity index (χ3n) is 3.98. The number of halogens is 1. The van der Waals surface area contributed by atoms with E-state index in [1.54, 1.807) is 12.1 Å². The Kier molecular flexibility index (Phi) is 6.27. The third kappa shape index (κ3) is 5.10. The number of likely N-dealkylation sites (tertiary alicyclic amines) is 1. The fourth-order valence-electron chi connectivity index (χ4n) is 2.70. The quantitative estimate of drug-likeness (QED) is 0.830. The topological polar surface area (TPSA) is 24.5 Å². The molecule has 1 aliphatic rings. The number of ether oxygens (including phenoxy) is 1. The molecule has 1 N–H and O–H groups in total. The van der Waals surface area contributed by atoms with Crippen LogP contribution in [0.25, 0.3) is 0 Å². The zero-order chi connectivity index (χ0) is 14.2. The fraction of sp³-hybridized carbons (Fsp3) is 0.625. The number of nitrogens with zero attached hydrogens (tertiary/aromatic N) is 1. The van der Waals surface area contributed by atoms with Gasteiger partial charge in [0.2, 0.25) is 0 Å². The van der Waals surface area contributed by atoms with E-state index < -0.39 is 0 Å². The summed E-state index contributed by atoms with van der Waals surface area (Å²) in [5.41, 5.74) is 0. The number of hydrogen-bond acceptors (Lipinski definition) is 3. The second kappa shape index (κ2) is 8.22. The first-order chi connectivity index (χ1) is 9.78. The van der Waals surface area contributed by atoms with Gasteiger partial charge >= 0.3 is 0 Å². The van der Waals surface area contributed by atoms with Crippen molar-refractivity contribution in [1.29, 1.82) is 0 Å². The minimum absolute atomic E-state index is 0.243. The van der Waals surface area contributed by atoms with Crippen LogP contribution in [0.15, 0.2) is 24.3 Å². The first-order valence-electron chi connectivity index (χ1n) is 7.53. The van der Waals surface area contributed by atoms with Gasteiger partial charge in [0, 0.05) is 12.6 Å². The van der Waals surface area contributed by atoms with Crippen LogP contribution in [0, 0.1) is 11.7 Å². The lowest BCUT2D eigenvalue weighted by Gasteiger charge is -2.31. The number of nitrogens with one attached hydrogen (secondary N) is 1. The number of benzene rings is 1. The van der Waals surface area contributed by atoms with Gasteiger partial charge in [0.25, 0.3) is 0 Å². The van der Waals surface area contributed by atoms with Gasteiger partial charge in [-0.05, 0) is 64.0 Å². The summed E-state index contributed by atoms with van der Waals surface area (Å²) in [6, 6.07) is 6.35. The molecule has 0 unspecified atom stereocenters. The van der Waals surface area contributed by atoms with Crippen LogP contribution in [0.3, 0.4) is 0 Å². The van der Waals surface area contributed by atoms with Gasteiger partial charge in [0.05, 0.1) is 0 Å². The van der Waals surface area contributed by atoms with E-state index in [0.29, 0.717) is 12.4 Å². The smallest absolute Gasteiger partial charge is 0.126 e. The van der Waals surface area contributed by atoms with Crippen molar-refractivity contribution in [1.82, 2.24) is 10.2 Å². The number of piperidine rings is 1. The van der Waals surface area contributed by atoms with E-state index in [2.05, 4.69) is 10.2 Å². The predicted octanol–water partition coefficient (Wildman–Crippen LogP) is 2.53. The van der Waals surface area contributed by atoms with Crippen molar-refractivity contribution >= 4 is 0 Å². The molecule has 1 aromatic rings. The molecule has 0 saturated carbocycles. The van der Waals surface area contributed by atoms with Crippen LogP contribution >= 0.6 is 0 Å². The van der Waals surface area contributed by atoms with E-state index in [0.717, 1.165) is 32.1 Å². The van der Waals surface area contributed by atoms with E-state index in [-0.39, 0.29) is 5.82 Å². The molecule has 1 aromatic carbocycles. The zero-order valence-corrected chi connectivity index (χ0v) is 12.3. The molecule has 1 aliphatic heterocycles. The molecule has 4 heteroatoms. The van der Waals surface area contributed by atoms with Crippen LogP contribution in [-0.4, -0.2) is 44.7 Å². The zero-order valence-electron chi connectivity index (χ0n) is 12.3. The van der Waals surface area contributed by atoms with E-state index in [1.165, 1.54) is 31.4 Å². The molecule has 112 valence electrons. The maximum Gasteiger partial charge on any atom is 0.126 e. The molecule has 0 bridgehead atoms. The van der Waals surface area contributed by atoms with Gasteiger partial charge in [-0.3, -0.25) is 4.90 Å². The molecule has 0 aliphatic carbocycles. The highest BCUT2D eigenvalue weighted by atomic mass is 19.1. The molecular weight excluding hydrogens is 255 g/mol. The predicted molar refractivity (Wildman–Crippen MR) is 79.6 cm³/mol. The summed E-state index contributed by atoms with van der Waals surface area (Å²) in [5, 5.41) is 3.22. The molecule has 0 radical (unpaired) electrons. The van der Waals surface area contributed by atoms with Gasteiger partial charge in [-0.1, -0.05) is 6.07 Å². The van der Waals surface area contributed by atoms with Crippen LogP contribution in [0.5, 0.6) is 5.75 Å². The summed E-state index contributed by atoms with van der Waals surface area (Å²) in [4.78, 5) is 2.44. The molecule has 0 aromatic heterocycles. The summed E-state index contributed by atoms with van der Waals surface area (Å²) in [7, 11) is 2.01. The SMILES string of the molecule is CNCCC1CCN(CCOc2cccc(F)c2)CC1. The first-order valence-corrected chi connectivity index (χ1v) is 7.53. The van der Waals surface area contributed by atoms with E-state index in [1.807, 2.05) is 7.05 Å². The fourth-order valence-corrected chi connectivity index (χ4v) is 2.70. The lowest BCUT2D eigenvalue weighted by Crippen LogP contribution is -2.37. The summed E-state index contributed by atoms with van der Waals surface area (Å²) in [5.74, 6) is 1.24. The molecule has 0 spiro atoms. The van der Waals surface area contributed by atoms with Crippen molar-refractivity contribution in [2.45, 2.75) is 19.3 Å². The van der Waals surface area contributed by atoms with Gasteiger partial charge in [-0.25, -0.2) is 4.39 Å². The minimum Gasteiger partial charge on any atom is -0.492 e. The summed E-state index contributed by atoms with van der Waals surface area (Å²) in [6.07, 6.45) is 3.84. The first kappa shape index (κ1) is 15.3. The standard InChI is InChI=1S/C16H25FN2O/c1-18-8-5-14-6-9-19(10-7-14)11-12-20-16-4-2-3-15(17)13-16/h2-4,13-14,18H,5-12H2,1H3. The Morgan fingerprint density at radius 1 is 1.35 bits per heavy atom. The van der Waals surface area contributed by atoms with Gasteiger partial charge in [0.1, 0.15) is 18.2 Å². The lowest BCUT2D eigenvalue weighted by atomic mass is 9.93. The largest absolute Gasteiger partial charge is 0.492 e. The van der Waals surface area contributed by atoms with Crippen LogP contribution in [0.2, 0.25) is 0 Å². The van der Waals surface area contributed by atoms with Crippen molar-refractivity contribution < 1.29 is 9.13 Å². The van der Waals surface area contributed by atoms with Crippen molar-refractivity contribution in [2.75, 3.05) is 39.8 Å². The van der Waals surface area contributed by atoms with E-state index >= 15 is 0 Å². The molecule has 1 saturated heterocycles. The van der Waals surface area contributed by atoms with Crippen molar-refractivity contribution in [3.05, 3.63) is 30.1 Å². The summed E-state index contributed by atoms with van der Waals surface area (Å²) >= 11 is 0. The maximum absolute atomic E-state index is 13.0. The Morgan fingerprint density at radius 2 is 2.15 bits per heavy atom. The molecule has 1 heterocycles. The lowest BCUT2D eigenvalue weighted by molar-refractivity contribution is 0.151. The molecule has 20 heavy (non-hydrogen) atoms. The minimum atomic E-state index is -0.243. The third-order valence-corrected chi connectivity index (χ3v) is 3.98. The normalized spacial score (nSPS) is 17.3. The number of hydrogen-bond donors (Lipinski definition) is 1. The molecular formula is C16H25FN2O. The second-order valence-electron chi connectivity index (χ2n) is 5.48. The molecule has 3 nitrogen and oxygen atoms in total. The van der Waals surface area contributed by atoms with Gasteiger partial charge in [0.15, 0.2) is 0 Å². The summed E-state index contributed by atoms with van der Waals surface area (Å²) < 4.78 is 18.6. The molecule has 0 amide bonds.